The van der Waals surface area contributed by atoms with E-state index in [9.17, 15) is 57.6 Å². The Morgan fingerprint density at radius 3 is 2.18 bits per heavy atom. The monoisotopic (exact) mass is 1040 g/mol. The minimum atomic E-state index is -5.46. The van der Waals surface area contributed by atoms with Crippen LogP contribution in [0.3, 0.4) is 0 Å². The summed E-state index contributed by atoms with van der Waals surface area (Å²) in [5.41, 5.74) is 12.2. The molecule has 28 nitrogen and oxygen atoms in total. The van der Waals surface area contributed by atoms with Crippen LogP contribution in [0.15, 0.2) is 78.2 Å². The molecule has 2 saturated heterocycles. The molecule has 2 aromatic carbocycles. The highest BCUT2D eigenvalue weighted by atomic mass is 31.2. The number of nitrogens with zero attached hydrogens (tertiary/aromatic N) is 7. The van der Waals surface area contributed by atoms with Gasteiger partial charge in [0.15, 0.2) is 30.0 Å². The topological polar surface area (TPSA) is 397 Å². The van der Waals surface area contributed by atoms with Gasteiger partial charge in [0.1, 0.15) is 66.6 Å². The van der Waals surface area contributed by atoms with Crippen LogP contribution >= 0.6 is 15.6 Å². The van der Waals surface area contributed by atoms with Gasteiger partial charge in [0, 0.05) is 18.9 Å². The number of likely N-dealkylation sites (N-methyl/N-ethyl adjacent to an activating group) is 1. The molecule has 10 N–H and O–H groups in total. The summed E-state index contributed by atoms with van der Waals surface area (Å²) in [5.74, 6) is -2.10. The number of phosphoric ester groups is 2. The van der Waals surface area contributed by atoms with Crippen LogP contribution in [0.5, 0.6) is 0 Å². The molecular weight excluding hydrogens is 989 g/mol. The Kier molecular flexibility index (Phi) is 16.2. The first kappa shape index (κ1) is 52.5. The van der Waals surface area contributed by atoms with Crippen LogP contribution in [0.1, 0.15) is 36.9 Å². The quantitative estimate of drug-likeness (QED) is 0.0416. The van der Waals surface area contributed by atoms with Crippen molar-refractivity contribution in [3.63, 3.8) is 0 Å². The number of aromatic nitrogens is 6. The molecule has 1 unspecified atom stereocenters. The number of nitrogen functional groups attached to an aromatic ring is 2. The van der Waals surface area contributed by atoms with Crippen LogP contribution in [0.2, 0.25) is 0 Å². The van der Waals surface area contributed by atoms with Crippen molar-refractivity contribution in [2.24, 2.45) is 0 Å². The molecule has 3 aromatic heterocycles. The van der Waals surface area contributed by atoms with Crippen molar-refractivity contribution < 1.29 is 85.3 Å². The van der Waals surface area contributed by atoms with Gasteiger partial charge in [0.25, 0.3) is 0 Å². The van der Waals surface area contributed by atoms with Crippen LogP contribution in [0, 0.1) is 5.82 Å². The third kappa shape index (κ3) is 12.8. The fraction of sp³-hybridized carbons (Fsp3) is 0.400. The van der Waals surface area contributed by atoms with Gasteiger partial charge in [-0.3, -0.25) is 32.4 Å². The molecule has 31 heteroatoms. The maximum atomic E-state index is 13.9. The van der Waals surface area contributed by atoms with Crippen molar-refractivity contribution in [2.75, 3.05) is 37.0 Å². The van der Waals surface area contributed by atoms with Crippen molar-refractivity contribution in [2.45, 2.75) is 81.5 Å². The summed E-state index contributed by atoms with van der Waals surface area (Å²) in [5, 5.41) is 25.6. The van der Waals surface area contributed by atoms with Crippen molar-refractivity contribution in [3.8, 4) is 0 Å². The van der Waals surface area contributed by atoms with E-state index < -0.39 is 108 Å². The Bertz CT molecular complexity index is 2880. The van der Waals surface area contributed by atoms with Gasteiger partial charge in [-0.1, -0.05) is 31.2 Å². The van der Waals surface area contributed by atoms with E-state index in [0.717, 1.165) is 28.1 Å². The molecule has 10 atom stereocenters. The van der Waals surface area contributed by atoms with Crippen LogP contribution in [-0.4, -0.2) is 140 Å². The molecule has 0 aliphatic carbocycles. The Hall–Kier alpha value is -6.33. The van der Waals surface area contributed by atoms with Crippen LogP contribution in [0.25, 0.3) is 11.2 Å². The number of hydrogen-bond acceptors (Lipinski definition) is 21. The summed E-state index contributed by atoms with van der Waals surface area (Å²) in [6, 6.07) is 11.6. The molecule has 2 aliphatic rings. The molecule has 0 spiro atoms. The highest BCUT2D eigenvalue weighted by Gasteiger charge is 2.52. The zero-order chi connectivity index (χ0) is 51.4. The lowest BCUT2D eigenvalue weighted by Gasteiger charge is -2.28. The number of phosphoric acid groups is 2. The minimum absolute atomic E-state index is 0.00559. The number of anilines is 3. The summed E-state index contributed by atoms with van der Waals surface area (Å²) < 4.78 is 78.2. The predicted octanol–water partition coefficient (Wildman–Crippen LogP) is 0.655. The molecule has 382 valence electrons. The average molecular weight is 1040 g/mol. The number of esters is 1. The number of nitrogens with one attached hydrogen (secondary N) is 1. The standard InChI is InChI=1S/C40H47FN10O18P2/c1-3-24(49(2)40(57)63-15-21-6-10-23(11-7-21)47-28(52)14-20-4-8-22(41)9-5-20)38(55)68-32-25(66-37(30(32)53)51-19-46-29-34(43)44-18-45-35(29)51)17-65-71(61,62)69-33-26(16-64-70(58,59)60)67-36(31(33)54)50-13-12-27(42)48-39(50)56/h4-13,18-19,24-26,30-33,36-37,53-54H,3,14-17H2,1-2H3,(H,47,52)(H,61,62)(H2,42,48,56)(H2,43,44,45)(H2,58,59,60)/t24-,25-,26-,30-,31-,32-,33-,36-,37-/m1/s1. The summed E-state index contributed by atoms with van der Waals surface area (Å²) >= 11 is 0. The molecule has 0 radical (unpaired) electrons. The van der Waals surface area contributed by atoms with Gasteiger partial charge >= 0.3 is 33.4 Å². The lowest BCUT2D eigenvalue weighted by molar-refractivity contribution is -0.162. The van der Waals surface area contributed by atoms with E-state index in [1.807, 2.05) is 0 Å². The number of aliphatic hydroxyl groups excluding tert-OH is 2. The second-order valence-electron chi connectivity index (χ2n) is 15.9. The third-order valence-electron chi connectivity index (χ3n) is 11.0. The van der Waals surface area contributed by atoms with E-state index in [-0.39, 0.29) is 48.2 Å². The largest absolute Gasteiger partial charge is 0.472 e. The number of imidazole rings is 1. The van der Waals surface area contributed by atoms with E-state index in [4.69, 9.17) is 39.5 Å². The molecule has 2 aliphatic heterocycles. The van der Waals surface area contributed by atoms with E-state index in [0.29, 0.717) is 16.8 Å². The predicted molar refractivity (Wildman–Crippen MR) is 238 cm³/mol. The highest BCUT2D eigenvalue weighted by molar-refractivity contribution is 7.47. The van der Waals surface area contributed by atoms with Gasteiger partial charge in [-0.05, 0) is 47.9 Å². The number of benzene rings is 2. The van der Waals surface area contributed by atoms with Crippen molar-refractivity contribution in [1.82, 2.24) is 34.0 Å². The third-order valence-corrected chi connectivity index (χ3v) is 12.5. The van der Waals surface area contributed by atoms with Crippen molar-refractivity contribution in [1.29, 1.82) is 0 Å². The van der Waals surface area contributed by atoms with Crippen LogP contribution in [-0.2, 0) is 64.3 Å². The maximum Gasteiger partial charge on any atom is 0.472 e. The van der Waals surface area contributed by atoms with Gasteiger partial charge in [-0.2, -0.15) is 4.98 Å². The second kappa shape index (κ2) is 22.0. The Morgan fingerprint density at radius 2 is 1.52 bits per heavy atom. The normalized spacial score (nSPS) is 23.5. The van der Waals surface area contributed by atoms with Crippen molar-refractivity contribution in [3.05, 3.63) is 101 Å². The van der Waals surface area contributed by atoms with E-state index in [2.05, 4.69) is 29.8 Å². The number of carbonyl (C=O) groups excluding carboxylic acids is 3. The number of nitrogens with two attached hydrogens (primary N) is 2. The SMILES string of the molecule is CC[C@H](C(=O)O[C@H]1[C@@H](O)[C@H](n2cnc3c(N)ncnc32)O[C@@H]1COP(=O)(O)O[C@H]1[C@@H](O)[C@H](n2ccc(N)nc2=O)O[C@@H]1COP(=O)(O)O)N(C)C(=O)OCc1ccc(NC(=O)Cc2ccc(F)cc2)cc1. The molecule has 0 saturated carbocycles. The van der Waals surface area contributed by atoms with Gasteiger partial charge in [-0.15, -0.1) is 0 Å². The number of fused-ring (bicyclic) bond motifs is 1. The summed E-state index contributed by atoms with van der Waals surface area (Å²) in [6.45, 7) is -0.758. The van der Waals surface area contributed by atoms with Gasteiger partial charge in [0.05, 0.1) is 26.0 Å². The molecule has 71 heavy (non-hydrogen) atoms. The van der Waals surface area contributed by atoms with E-state index in [1.165, 1.54) is 42.2 Å². The highest BCUT2D eigenvalue weighted by Crippen LogP contribution is 2.50. The van der Waals surface area contributed by atoms with E-state index in [1.54, 1.807) is 31.2 Å². The zero-order valence-electron chi connectivity index (χ0n) is 37.3. The number of carbonyl (C=O) groups is 3. The lowest BCUT2D eigenvalue weighted by Crippen LogP contribution is -2.47. The first-order valence-electron chi connectivity index (χ1n) is 21.1. The number of hydrogen-bond donors (Lipinski definition) is 8. The summed E-state index contributed by atoms with van der Waals surface area (Å²) in [6.07, 6.45) is -11.8. The number of aliphatic hydroxyl groups is 2. The number of halogens is 1. The first-order chi connectivity index (χ1) is 33.6. The second-order valence-corrected chi connectivity index (χ2v) is 18.5. The molecule has 2 amide bonds. The molecule has 5 aromatic rings. The Balaban J connectivity index is 1.03. The molecule has 0 bridgehead atoms. The van der Waals surface area contributed by atoms with Crippen LogP contribution < -0.4 is 22.5 Å². The van der Waals surface area contributed by atoms with Gasteiger partial charge in [-0.25, -0.2) is 42.9 Å². The summed E-state index contributed by atoms with van der Waals surface area (Å²) in [4.78, 5) is 98.6. The Morgan fingerprint density at radius 1 is 0.887 bits per heavy atom. The van der Waals surface area contributed by atoms with Crippen molar-refractivity contribution >= 4 is 62.1 Å². The number of amides is 2. The van der Waals surface area contributed by atoms with Gasteiger partial charge < -0.3 is 60.6 Å². The molecule has 7 rings (SSSR count). The van der Waals surface area contributed by atoms with Crippen LogP contribution in [0.4, 0.5) is 26.5 Å². The first-order valence-corrected chi connectivity index (χ1v) is 24.2. The fourth-order valence-corrected chi connectivity index (χ4v) is 8.81. The molecule has 5 heterocycles. The van der Waals surface area contributed by atoms with E-state index >= 15 is 0 Å². The lowest BCUT2D eigenvalue weighted by atomic mass is 10.1. The smallest absolute Gasteiger partial charge is 0.455 e. The molecule has 2 fully saturated rings. The Labute approximate surface area is 400 Å². The van der Waals surface area contributed by atoms with Gasteiger partial charge in [0.2, 0.25) is 5.91 Å². The number of ether oxygens (including phenoxy) is 4. The fourth-order valence-electron chi connectivity index (χ4n) is 7.50. The maximum absolute atomic E-state index is 13.9. The number of rotatable bonds is 19. The molecular formula is C40H47FN10O18P2. The summed E-state index contributed by atoms with van der Waals surface area (Å²) in [7, 11) is -9.40. The zero-order valence-corrected chi connectivity index (χ0v) is 39.0. The minimum Gasteiger partial charge on any atom is -0.455 e. The average Bonchev–Trinajstić information content (AvgIpc) is 3.98.